The van der Waals surface area contributed by atoms with Crippen molar-refractivity contribution in [1.82, 2.24) is 9.80 Å². The van der Waals surface area contributed by atoms with Gasteiger partial charge < -0.3 is 39.8 Å². The first-order valence-corrected chi connectivity index (χ1v) is 14.7. The molecule has 11 nitrogen and oxygen atoms in total. The van der Waals surface area contributed by atoms with E-state index in [1.807, 2.05) is 37.3 Å². The maximum atomic E-state index is 13.5. The summed E-state index contributed by atoms with van der Waals surface area (Å²) in [6.45, 7) is 4.26. The number of carbonyl (C=O) groups excluding carboxylic acids is 3. The minimum absolute atomic E-state index is 0.0297. The van der Waals surface area contributed by atoms with Gasteiger partial charge in [-0.2, -0.15) is 0 Å². The number of urea groups is 1. The van der Waals surface area contributed by atoms with E-state index in [0.29, 0.717) is 40.7 Å². The fourth-order valence-corrected chi connectivity index (χ4v) is 5.26. The number of hydrogen-bond acceptors (Lipinski definition) is 7. The van der Waals surface area contributed by atoms with E-state index in [-0.39, 0.29) is 56.5 Å². The second kappa shape index (κ2) is 13.7. The smallest absolute Gasteiger partial charge is 0.321 e. The lowest BCUT2D eigenvalue weighted by Gasteiger charge is -2.34. The summed E-state index contributed by atoms with van der Waals surface area (Å²) in [6, 6.07) is 19.1. The van der Waals surface area contributed by atoms with Crippen LogP contribution in [0.3, 0.4) is 0 Å². The van der Waals surface area contributed by atoms with Gasteiger partial charge in [0.1, 0.15) is 11.9 Å². The Hall–Kier alpha value is -4.77. The fraction of sp³-hybridized carbons (Fsp3) is 0.364. The Morgan fingerprint density at radius 1 is 1.00 bits per heavy atom. The van der Waals surface area contributed by atoms with Gasteiger partial charge in [-0.1, -0.05) is 37.3 Å². The SMILES string of the molecule is C[C@H](CO)N1C[C@H](C)[C@@H](CN(C)C(=O)Nc2ccc3c(c2)OCO3)Oc2ccc(NC(=O)Cc3ccccc3)cc2CC1=O. The van der Waals surface area contributed by atoms with Crippen LogP contribution >= 0.6 is 0 Å². The van der Waals surface area contributed by atoms with Gasteiger partial charge in [0.25, 0.3) is 0 Å². The minimum atomic E-state index is -0.487. The van der Waals surface area contributed by atoms with Gasteiger partial charge in [-0.05, 0) is 42.8 Å². The highest BCUT2D eigenvalue weighted by molar-refractivity contribution is 5.93. The quantitative estimate of drug-likeness (QED) is 0.357. The number of likely N-dealkylation sites (N-methyl/N-ethyl adjacent to an activating group) is 1. The third-order valence-corrected chi connectivity index (χ3v) is 7.83. The van der Waals surface area contributed by atoms with Crippen LogP contribution in [-0.2, 0) is 22.4 Å². The summed E-state index contributed by atoms with van der Waals surface area (Å²) in [5.74, 6) is 1.16. The topological polar surface area (TPSA) is 130 Å². The lowest BCUT2D eigenvalue weighted by atomic mass is 10.0. The summed E-state index contributed by atoms with van der Waals surface area (Å²) < 4.78 is 17.3. The van der Waals surface area contributed by atoms with Crippen LogP contribution in [-0.4, -0.2) is 78.4 Å². The number of nitrogens with one attached hydrogen (secondary N) is 2. The van der Waals surface area contributed by atoms with Crippen molar-refractivity contribution in [3.63, 3.8) is 0 Å². The average Bonchev–Trinajstić information content (AvgIpc) is 3.49. The summed E-state index contributed by atoms with van der Waals surface area (Å²) in [6.07, 6.45) is -0.240. The molecular weight excluding hydrogens is 564 g/mol. The van der Waals surface area contributed by atoms with Crippen molar-refractivity contribution in [2.45, 2.75) is 38.8 Å². The highest BCUT2D eigenvalue weighted by atomic mass is 16.7. The number of anilines is 2. The second-order valence-corrected chi connectivity index (χ2v) is 11.3. The van der Waals surface area contributed by atoms with Crippen molar-refractivity contribution in [3.05, 3.63) is 77.9 Å². The van der Waals surface area contributed by atoms with Crippen LogP contribution in [0.4, 0.5) is 16.2 Å². The van der Waals surface area contributed by atoms with Gasteiger partial charge in [-0.15, -0.1) is 0 Å². The first-order valence-electron chi connectivity index (χ1n) is 14.7. The van der Waals surface area contributed by atoms with E-state index in [1.54, 1.807) is 55.3 Å². The van der Waals surface area contributed by atoms with Crippen molar-refractivity contribution in [1.29, 1.82) is 0 Å². The molecule has 0 saturated carbocycles. The van der Waals surface area contributed by atoms with Gasteiger partial charge in [0, 0.05) is 42.5 Å². The molecule has 0 spiro atoms. The van der Waals surface area contributed by atoms with Crippen molar-refractivity contribution >= 4 is 29.2 Å². The number of benzene rings is 3. The largest absolute Gasteiger partial charge is 0.488 e. The fourth-order valence-electron chi connectivity index (χ4n) is 5.26. The zero-order chi connectivity index (χ0) is 31.2. The van der Waals surface area contributed by atoms with Crippen LogP contribution in [0.15, 0.2) is 66.7 Å². The second-order valence-electron chi connectivity index (χ2n) is 11.3. The molecule has 232 valence electrons. The monoisotopic (exact) mass is 602 g/mol. The molecule has 0 fully saturated rings. The van der Waals surface area contributed by atoms with Crippen LogP contribution < -0.4 is 24.8 Å². The molecule has 0 unspecified atom stereocenters. The van der Waals surface area contributed by atoms with E-state index in [2.05, 4.69) is 10.6 Å². The maximum absolute atomic E-state index is 13.5. The number of aliphatic hydroxyl groups excluding tert-OH is 1. The zero-order valence-corrected chi connectivity index (χ0v) is 25.1. The summed E-state index contributed by atoms with van der Waals surface area (Å²) in [5.41, 5.74) is 2.61. The summed E-state index contributed by atoms with van der Waals surface area (Å²) >= 11 is 0. The Bertz CT molecular complexity index is 1500. The maximum Gasteiger partial charge on any atom is 0.321 e. The first-order chi connectivity index (χ1) is 21.2. The molecule has 3 aromatic carbocycles. The standard InChI is InChI=1S/C33H38N4O7/c1-21-17-37(22(2)19-38)32(40)15-24-14-25(34-31(39)13-23-7-5-4-6-8-23)9-11-27(24)44-30(21)18-36(3)33(41)35-26-10-12-28-29(16-26)43-20-42-28/h4-12,14,16,21-22,30,38H,13,15,17-20H2,1-3H3,(H,34,39)(H,35,41)/t21-,22+,30+/m0/s1. The summed E-state index contributed by atoms with van der Waals surface area (Å²) in [7, 11) is 1.68. The molecule has 0 aromatic heterocycles. The zero-order valence-electron chi connectivity index (χ0n) is 25.1. The molecule has 2 aliphatic rings. The molecule has 0 saturated heterocycles. The summed E-state index contributed by atoms with van der Waals surface area (Å²) in [4.78, 5) is 42.6. The van der Waals surface area contributed by atoms with Gasteiger partial charge >= 0.3 is 6.03 Å². The number of aliphatic hydroxyl groups is 1. The van der Waals surface area contributed by atoms with Crippen LogP contribution in [0.2, 0.25) is 0 Å². The van der Waals surface area contributed by atoms with Crippen molar-refractivity contribution < 1.29 is 33.7 Å². The number of rotatable bonds is 8. The lowest BCUT2D eigenvalue weighted by molar-refractivity contribution is -0.134. The van der Waals surface area contributed by atoms with Crippen molar-refractivity contribution in [2.24, 2.45) is 5.92 Å². The average molecular weight is 603 g/mol. The van der Waals surface area contributed by atoms with E-state index in [9.17, 15) is 19.5 Å². The molecular formula is C33H38N4O7. The highest BCUT2D eigenvalue weighted by Gasteiger charge is 2.32. The third-order valence-electron chi connectivity index (χ3n) is 7.83. The van der Waals surface area contributed by atoms with Crippen LogP contribution in [0.25, 0.3) is 0 Å². The molecule has 2 aliphatic heterocycles. The molecule has 2 heterocycles. The van der Waals surface area contributed by atoms with E-state index in [0.717, 1.165) is 5.56 Å². The molecule has 44 heavy (non-hydrogen) atoms. The number of nitrogens with zero attached hydrogens (tertiary/aromatic N) is 2. The molecule has 3 N–H and O–H groups in total. The van der Waals surface area contributed by atoms with E-state index in [1.165, 1.54) is 4.90 Å². The van der Waals surface area contributed by atoms with Gasteiger partial charge in [0.05, 0.1) is 32.0 Å². The van der Waals surface area contributed by atoms with E-state index in [4.69, 9.17) is 14.2 Å². The summed E-state index contributed by atoms with van der Waals surface area (Å²) in [5, 5.41) is 15.7. The molecule has 0 bridgehead atoms. The number of carbonyl (C=O) groups is 3. The number of amides is 4. The van der Waals surface area contributed by atoms with Crippen LogP contribution in [0.1, 0.15) is 25.0 Å². The molecule has 3 atom stereocenters. The Balaban J connectivity index is 1.34. The Morgan fingerprint density at radius 2 is 1.70 bits per heavy atom. The molecule has 4 amide bonds. The Labute approximate surface area is 256 Å². The number of ether oxygens (including phenoxy) is 3. The van der Waals surface area contributed by atoms with Crippen LogP contribution in [0.5, 0.6) is 17.2 Å². The molecule has 0 radical (unpaired) electrons. The third kappa shape index (κ3) is 7.41. The molecule has 3 aromatic rings. The van der Waals surface area contributed by atoms with Crippen LogP contribution in [0, 0.1) is 5.92 Å². The number of fused-ring (bicyclic) bond motifs is 2. The van der Waals surface area contributed by atoms with Gasteiger partial charge in [-0.3, -0.25) is 9.59 Å². The van der Waals surface area contributed by atoms with Gasteiger partial charge in [0.2, 0.25) is 18.6 Å². The number of hydrogen-bond donors (Lipinski definition) is 3. The normalized spacial score (nSPS) is 18.2. The predicted octanol–water partition coefficient (Wildman–Crippen LogP) is 3.91. The van der Waals surface area contributed by atoms with Crippen molar-refractivity contribution in [2.75, 3.05) is 44.2 Å². The molecule has 5 rings (SSSR count). The highest BCUT2D eigenvalue weighted by Crippen LogP contribution is 2.34. The molecule has 11 heteroatoms. The molecule has 0 aliphatic carbocycles. The van der Waals surface area contributed by atoms with E-state index >= 15 is 0 Å². The van der Waals surface area contributed by atoms with E-state index < -0.39 is 12.1 Å². The van der Waals surface area contributed by atoms with Gasteiger partial charge in [-0.25, -0.2) is 4.79 Å². The predicted molar refractivity (Wildman–Crippen MR) is 165 cm³/mol. The first kappa shape index (κ1) is 30.7. The van der Waals surface area contributed by atoms with Gasteiger partial charge in [0.15, 0.2) is 11.5 Å². The van der Waals surface area contributed by atoms with Crippen molar-refractivity contribution in [3.8, 4) is 17.2 Å². The Kier molecular flexibility index (Phi) is 9.54. The Morgan fingerprint density at radius 3 is 2.45 bits per heavy atom. The minimum Gasteiger partial charge on any atom is -0.488 e. The lowest BCUT2D eigenvalue weighted by Crippen LogP contribution is -2.48.